The number of benzene rings is 1. The summed E-state index contributed by atoms with van der Waals surface area (Å²) in [6.45, 7) is 14.5. The van der Waals surface area contributed by atoms with Crippen molar-refractivity contribution in [2.45, 2.75) is 84.2 Å². The molecule has 1 aromatic heterocycles. The fraction of sp³-hybridized carbons (Fsp3) is 0.583. The molecule has 2 aromatic rings. The predicted molar refractivity (Wildman–Crippen MR) is 125 cm³/mol. The molecule has 0 saturated carbocycles. The van der Waals surface area contributed by atoms with E-state index >= 15 is 0 Å². The molecule has 0 aliphatic carbocycles. The summed E-state index contributed by atoms with van der Waals surface area (Å²) in [6, 6.07) is 8.04. The first kappa shape index (κ1) is 22.9. The first-order valence-electron chi connectivity index (χ1n) is 11.4. The number of carbonyl (C=O) groups is 1. The molecule has 2 fully saturated rings. The average Bonchev–Trinajstić information content (AvgIpc) is 3.38. The van der Waals surface area contributed by atoms with Crippen LogP contribution in [0.15, 0.2) is 30.5 Å². The van der Waals surface area contributed by atoms with E-state index in [1.807, 2.05) is 51.2 Å². The van der Waals surface area contributed by atoms with Crippen molar-refractivity contribution >= 4 is 18.7 Å². The number of hydrogen-bond donors (Lipinski definition) is 1. The third-order valence-corrected chi connectivity index (χ3v) is 6.54. The van der Waals surface area contributed by atoms with E-state index in [0.29, 0.717) is 6.54 Å². The lowest BCUT2D eigenvalue weighted by Crippen LogP contribution is -2.41. The third-order valence-electron chi connectivity index (χ3n) is 6.54. The van der Waals surface area contributed by atoms with Gasteiger partial charge in [0.05, 0.1) is 29.1 Å². The summed E-state index contributed by atoms with van der Waals surface area (Å²) in [7, 11) is -0.382. The van der Waals surface area contributed by atoms with Gasteiger partial charge in [-0.15, -0.1) is 0 Å². The largest absolute Gasteiger partial charge is 0.494 e. The molecule has 172 valence electrons. The normalized spacial score (nSPS) is 22.4. The summed E-state index contributed by atoms with van der Waals surface area (Å²) >= 11 is 0. The number of likely N-dealkylation sites (tertiary alicyclic amines) is 1. The molecule has 0 radical (unpaired) electrons. The van der Waals surface area contributed by atoms with E-state index in [9.17, 15) is 4.79 Å². The molecule has 1 aromatic carbocycles. The van der Waals surface area contributed by atoms with Crippen molar-refractivity contribution in [1.82, 2.24) is 14.9 Å². The van der Waals surface area contributed by atoms with Crippen LogP contribution in [0, 0.1) is 0 Å². The topological polar surface area (TPSA) is 76.7 Å². The molecule has 8 heteroatoms. The number of rotatable bonds is 3. The second-order valence-electron chi connectivity index (χ2n) is 10.7. The lowest BCUT2D eigenvalue weighted by molar-refractivity contribution is 0.00578. The second kappa shape index (κ2) is 7.92. The number of imidazole rings is 1. The van der Waals surface area contributed by atoms with E-state index in [-0.39, 0.29) is 30.5 Å². The first-order valence-corrected chi connectivity index (χ1v) is 11.4. The van der Waals surface area contributed by atoms with Gasteiger partial charge in [0.2, 0.25) is 0 Å². The van der Waals surface area contributed by atoms with Crippen LogP contribution >= 0.6 is 0 Å². The Bertz CT molecular complexity index is 962. The zero-order valence-electron chi connectivity index (χ0n) is 20.2. The van der Waals surface area contributed by atoms with Gasteiger partial charge in [0.15, 0.2) is 0 Å². The molecule has 0 bridgehead atoms. The number of aromatic amines is 1. The molecular weight excluding hydrogens is 405 g/mol. The van der Waals surface area contributed by atoms with E-state index in [2.05, 4.69) is 37.7 Å². The quantitative estimate of drug-likeness (QED) is 0.716. The summed E-state index contributed by atoms with van der Waals surface area (Å²) in [5, 5.41) is 0. The Hall–Kier alpha value is -2.32. The number of carbonyl (C=O) groups excluding carboxylic acids is 1. The number of H-pyrrole nitrogens is 1. The number of hydrogen-bond acceptors (Lipinski definition) is 5. The van der Waals surface area contributed by atoms with E-state index in [1.54, 1.807) is 4.90 Å². The first-order chi connectivity index (χ1) is 14.9. The van der Waals surface area contributed by atoms with E-state index in [4.69, 9.17) is 14.0 Å². The lowest BCUT2D eigenvalue weighted by atomic mass is 9.79. The molecule has 2 aliphatic heterocycles. The Morgan fingerprint density at radius 1 is 1.16 bits per heavy atom. The maximum atomic E-state index is 12.6. The van der Waals surface area contributed by atoms with E-state index < -0.39 is 5.60 Å². The van der Waals surface area contributed by atoms with Crippen LogP contribution in [0.4, 0.5) is 4.79 Å². The summed E-state index contributed by atoms with van der Waals surface area (Å²) < 4.78 is 17.9. The zero-order chi connectivity index (χ0) is 23.3. The van der Waals surface area contributed by atoms with Crippen molar-refractivity contribution in [3.05, 3.63) is 36.3 Å². The molecule has 1 N–H and O–H groups in total. The highest BCUT2D eigenvalue weighted by atomic mass is 16.7. The highest BCUT2D eigenvalue weighted by Crippen LogP contribution is 2.37. The molecule has 3 heterocycles. The number of amides is 1. The van der Waals surface area contributed by atoms with Gasteiger partial charge in [-0.2, -0.15) is 0 Å². The third kappa shape index (κ3) is 4.43. The molecule has 2 aliphatic rings. The van der Waals surface area contributed by atoms with Gasteiger partial charge in [-0.25, -0.2) is 9.78 Å². The van der Waals surface area contributed by atoms with Crippen molar-refractivity contribution < 1.29 is 18.8 Å². The zero-order valence-corrected chi connectivity index (χ0v) is 20.2. The average molecular weight is 439 g/mol. The number of aromatic nitrogens is 2. The fourth-order valence-electron chi connectivity index (χ4n) is 4.04. The number of nitrogens with zero attached hydrogens (tertiary/aromatic N) is 2. The van der Waals surface area contributed by atoms with Crippen molar-refractivity contribution in [3.8, 4) is 11.3 Å². The Labute approximate surface area is 191 Å². The molecular formula is C24H34BN3O4. The van der Waals surface area contributed by atoms with Gasteiger partial charge in [-0.05, 0) is 72.3 Å². The van der Waals surface area contributed by atoms with Crippen molar-refractivity contribution in [3.63, 3.8) is 0 Å². The minimum atomic E-state index is -0.516. The van der Waals surface area contributed by atoms with Crippen molar-refractivity contribution in [2.75, 3.05) is 6.54 Å². The van der Waals surface area contributed by atoms with E-state index in [1.165, 1.54) is 0 Å². The number of ether oxygens (including phenoxy) is 1. The molecule has 7 nitrogen and oxygen atoms in total. The van der Waals surface area contributed by atoms with Crippen LogP contribution < -0.4 is 5.46 Å². The predicted octanol–water partition coefficient (Wildman–Crippen LogP) is 4.45. The monoisotopic (exact) mass is 439 g/mol. The van der Waals surface area contributed by atoms with Gasteiger partial charge in [0, 0.05) is 6.54 Å². The van der Waals surface area contributed by atoms with Crippen molar-refractivity contribution in [1.29, 1.82) is 0 Å². The molecule has 32 heavy (non-hydrogen) atoms. The molecule has 1 amide bonds. The van der Waals surface area contributed by atoms with Crippen LogP contribution in [-0.4, -0.2) is 51.4 Å². The van der Waals surface area contributed by atoms with Gasteiger partial charge in [-0.1, -0.05) is 24.3 Å². The molecule has 2 saturated heterocycles. The van der Waals surface area contributed by atoms with Gasteiger partial charge >= 0.3 is 13.2 Å². The standard InChI is InChI=1S/C24H34BN3O4/c1-22(2,3)30-21(29)28-14-8-9-19(28)20-26-15-18(27-20)16-10-12-17(13-11-16)25-31-23(4,5)24(6,7)32-25/h10-13,15,19H,8-9,14H2,1-7H3,(H,26,27)/t19-/m1/s1. The number of nitrogens with one attached hydrogen (secondary N) is 1. The van der Waals surface area contributed by atoms with Gasteiger partial charge < -0.3 is 19.0 Å². The minimum Gasteiger partial charge on any atom is -0.444 e. The van der Waals surface area contributed by atoms with Crippen LogP contribution in [0.1, 0.15) is 73.2 Å². The van der Waals surface area contributed by atoms with Gasteiger partial charge in [0.25, 0.3) is 0 Å². The molecule has 4 rings (SSSR count). The van der Waals surface area contributed by atoms with Gasteiger partial charge in [0.1, 0.15) is 11.4 Å². The fourth-order valence-corrected chi connectivity index (χ4v) is 4.04. The van der Waals surface area contributed by atoms with Crippen LogP contribution in [0.5, 0.6) is 0 Å². The Morgan fingerprint density at radius 3 is 2.38 bits per heavy atom. The minimum absolute atomic E-state index is 0.0948. The molecule has 0 spiro atoms. The smallest absolute Gasteiger partial charge is 0.444 e. The van der Waals surface area contributed by atoms with Gasteiger partial charge in [-0.3, -0.25) is 4.90 Å². The Balaban J connectivity index is 1.48. The van der Waals surface area contributed by atoms with Crippen LogP contribution in [0.2, 0.25) is 0 Å². The summed E-state index contributed by atoms with van der Waals surface area (Å²) in [5.41, 5.74) is 1.67. The van der Waals surface area contributed by atoms with Crippen LogP contribution in [0.25, 0.3) is 11.3 Å². The second-order valence-corrected chi connectivity index (χ2v) is 10.7. The summed E-state index contributed by atoms with van der Waals surface area (Å²) in [4.78, 5) is 22.4. The SMILES string of the molecule is CC(C)(C)OC(=O)N1CCC[C@@H]1c1ncc(-c2ccc(B3OC(C)(C)C(C)(C)O3)cc2)[nH]1. The maximum absolute atomic E-state index is 12.6. The maximum Gasteiger partial charge on any atom is 0.494 e. The Morgan fingerprint density at radius 2 is 1.78 bits per heavy atom. The summed E-state index contributed by atoms with van der Waals surface area (Å²) in [6.07, 6.45) is 3.34. The molecule has 0 unspecified atom stereocenters. The highest BCUT2D eigenvalue weighted by Gasteiger charge is 2.51. The summed E-state index contributed by atoms with van der Waals surface area (Å²) in [5.74, 6) is 0.790. The molecule has 1 atom stereocenters. The van der Waals surface area contributed by atoms with Crippen LogP contribution in [-0.2, 0) is 14.0 Å². The van der Waals surface area contributed by atoms with Crippen molar-refractivity contribution in [2.24, 2.45) is 0 Å². The Kier molecular flexibility index (Phi) is 5.66. The van der Waals surface area contributed by atoms with E-state index in [0.717, 1.165) is 35.4 Å². The highest BCUT2D eigenvalue weighted by molar-refractivity contribution is 6.62. The van der Waals surface area contributed by atoms with Crippen LogP contribution in [0.3, 0.4) is 0 Å². The lowest BCUT2D eigenvalue weighted by Gasteiger charge is -2.32.